The fraction of sp³-hybridized carbons (Fsp3) is 0.571. The molecule has 0 amide bonds. The lowest BCUT2D eigenvalue weighted by atomic mass is 10.1. The minimum atomic E-state index is 0.218. The maximum atomic E-state index is 4.73. The summed E-state index contributed by atoms with van der Waals surface area (Å²) >= 11 is 1.83. The number of aliphatic imine (C=N–C) groups is 1. The molecule has 1 aromatic heterocycles. The Morgan fingerprint density at radius 1 is 1.39 bits per heavy atom. The summed E-state index contributed by atoms with van der Waals surface area (Å²) in [7, 11) is 0. The maximum absolute atomic E-state index is 4.73. The molecule has 4 heteroatoms. The second-order valence-corrected chi connectivity index (χ2v) is 6.16. The van der Waals surface area contributed by atoms with Gasteiger partial charge in [0, 0.05) is 11.9 Å². The van der Waals surface area contributed by atoms with Crippen LogP contribution in [0, 0.1) is 5.92 Å². The molecule has 0 bridgehead atoms. The number of pyridine rings is 1. The first-order valence-electron chi connectivity index (χ1n) is 6.53. The average molecular weight is 263 g/mol. The van der Waals surface area contributed by atoms with Gasteiger partial charge in [0.25, 0.3) is 0 Å². The van der Waals surface area contributed by atoms with Crippen molar-refractivity contribution in [3.05, 3.63) is 30.1 Å². The van der Waals surface area contributed by atoms with Crippen molar-refractivity contribution < 1.29 is 0 Å². The molecule has 2 rings (SSSR count). The van der Waals surface area contributed by atoms with Gasteiger partial charge < -0.3 is 5.32 Å². The van der Waals surface area contributed by atoms with Crippen LogP contribution in [0.5, 0.6) is 0 Å². The van der Waals surface area contributed by atoms with E-state index in [1.165, 1.54) is 6.42 Å². The van der Waals surface area contributed by atoms with Gasteiger partial charge in [-0.3, -0.25) is 9.98 Å². The Morgan fingerprint density at radius 3 is 2.89 bits per heavy atom. The summed E-state index contributed by atoms with van der Waals surface area (Å²) in [6.07, 6.45) is 3.01. The molecule has 0 spiro atoms. The maximum Gasteiger partial charge on any atom is 0.157 e. The van der Waals surface area contributed by atoms with E-state index in [4.69, 9.17) is 4.99 Å². The smallest absolute Gasteiger partial charge is 0.157 e. The van der Waals surface area contributed by atoms with E-state index in [2.05, 4.69) is 31.1 Å². The van der Waals surface area contributed by atoms with E-state index < -0.39 is 0 Å². The number of rotatable bonds is 4. The Balaban J connectivity index is 1.91. The van der Waals surface area contributed by atoms with E-state index >= 15 is 0 Å². The van der Waals surface area contributed by atoms with Gasteiger partial charge in [0.15, 0.2) is 5.17 Å². The Morgan fingerprint density at radius 2 is 2.22 bits per heavy atom. The molecule has 1 aliphatic heterocycles. The Labute approximate surface area is 113 Å². The van der Waals surface area contributed by atoms with Gasteiger partial charge in [-0.25, -0.2) is 0 Å². The van der Waals surface area contributed by atoms with E-state index in [0.717, 1.165) is 16.6 Å². The summed E-state index contributed by atoms with van der Waals surface area (Å²) in [5.41, 5.74) is 1.06. The van der Waals surface area contributed by atoms with Crippen molar-refractivity contribution in [3.8, 4) is 0 Å². The molecule has 1 aromatic rings. The summed E-state index contributed by atoms with van der Waals surface area (Å²) in [4.78, 5) is 9.10. The summed E-state index contributed by atoms with van der Waals surface area (Å²) in [6.45, 7) is 6.63. The van der Waals surface area contributed by atoms with Gasteiger partial charge in [-0.05, 0) is 31.4 Å². The van der Waals surface area contributed by atoms with Crippen LogP contribution in [-0.2, 0) is 0 Å². The molecule has 98 valence electrons. The molecule has 0 saturated carbocycles. The number of amidine groups is 1. The van der Waals surface area contributed by atoms with Crippen molar-refractivity contribution >= 4 is 16.9 Å². The van der Waals surface area contributed by atoms with Crippen molar-refractivity contribution in [1.29, 1.82) is 0 Å². The van der Waals surface area contributed by atoms with Crippen LogP contribution in [0.1, 0.15) is 38.9 Å². The molecule has 0 aliphatic carbocycles. The number of hydrogen-bond acceptors (Lipinski definition) is 4. The molecule has 0 saturated heterocycles. The molecule has 1 aliphatic rings. The molecular weight excluding hydrogens is 242 g/mol. The molecule has 0 aromatic carbocycles. The first-order valence-corrected chi connectivity index (χ1v) is 7.51. The number of thioether (sulfide) groups is 1. The minimum absolute atomic E-state index is 0.218. The predicted octanol–water partition coefficient (Wildman–Crippen LogP) is 3.25. The second kappa shape index (κ2) is 6.23. The zero-order valence-electron chi connectivity index (χ0n) is 11.3. The lowest BCUT2D eigenvalue weighted by Gasteiger charge is -2.13. The number of nitrogens with one attached hydrogen (secondary N) is 1. The van der Waals surface area contributed by atoms with Crippen LogP contribution in [0.25, 0.3) is 0 Å². The number of nitrogens with zero attached hydrogens (tertiary/aromatic N) is 2. The minimum Gasteiger partial charge on any atom is -0.357 e. The first-order chi connectivity index (χ1) is 8.65. The molecule has 2 heterocycles. The summed E-state index contributed by atoms with van der Waals surface area (Å²) in [5, 5.41) is 4.52. The SMILES string of the molecule is CC(C)CC1CSC(NC(C)c2ccccn2)=N1. The van der Waals surface area contributed by atoms with Gasteiger partial charge >= 0.3 is 0 Å². The Hall–Kier alpha value is -1.03. The van der Waals surface area contributed by atoms with Gasteiger partial charge in [0.1, 0.15) is 0 Å². The first kappa shape index (κ1) is 13.4. The summed E-state index contributed by atoms with van der Waals surface area (Å²) in [5.74, 6) is 1.82. The fourth-order valence-corrected chi connectivity index (χ4v) is 3.10. The van der Waals surface area contributed by atoms with E-state index in [0.29, 0.717) is 12.0 Å². The highest BCUT2D eigenvalue weighted by atomic mass is 32.2. The largest absolute Gasteiger partial charge is 0.357 e. The van der Waals surface area contributed by atoms with E-state index in [-0.39, 0.29) is 6.04 Å². The van der Waals surface area contributed by atoms with Crippen molar-refractivity contribution in [2.24, 2.45) is 10.9 Å². The van der Waals surface area contributed by atoms with E-state index in [9.17, 15) is 0 Å². The van der Waals surface area contributed by atoms with E-state index in [1.807, 2.05) is 36.2 Å². The summed E-state index contributed by atoms with van der Waals surface area (Å²) < 4.78 is 0. The average Bonchev–Trinajstić information content (AvgIpc) is 2.76. The second-order valence-electron chi connectivity index (χ2n) is 5.15. The molecule has 0 radical (unpaired) electrons. The van der Waals surface area contributed by atoms with Crippen LogP contribution in [0.15, 0.2) is 29.4 Å². The standard InChI is InChI=1S/C14H21N3S/c1-10(2)8-12-9-18-14(17-12)16-11(3)13-6-4-5-7-15-13/h4-7,10-12H,8-9H2,1-3H3,(H,16,17). The lowest BCUT2D eigenvalue weighted by molar-refractivity contribution is 0.528. The third-order valence-electron chi connectivity index (χ3n) is 2.93. The van der Waals surface area contributed by atoms with Crippen LogP contribution in [0.4, 0.5) is 0 Å². The predicted molar refractivity (Wildman–Crippen MR) is 78.9 cm³/mol. The molecular formula is C14H21N3S. The van der Waals surface area contributed by atoms with Gasteiger partial charge in [-0.15, -0.1) is 0 Å². The van der Waals surface area contributed by atoms with Gasteiger partial charge in [-0.2, -0.15) is 0 Å². The number of aromatic nitrogens is 1. The monoisotopic (exact) mass is 263 g/mol. The highest BCUT2D eigenvalue weighted by Gasteiger charge is 2.20. The molecule has 2 atom stereocenters. The molecule has 18 heavy (non-hydrogen) atoms. The fourth-order valence-electron chi connectivity index (χ4n) is 2.05. The van der Waals surface area contributed by atoms with Crippen molar-refractivity contribution in [1.82, 2.24) is 10.3 Å². The van der Waals surface area contributed by atoms with Gasteiger partial charge in [0.2, 0.25) is 0 Å². The zero-order valence-corrected chi connectivity index (χ0v) is 12.1. The van der Waals surface area contributed by atoms with Crippen LogP contribution in [0.3, 0.4) is 0 Å². The lowest BCUT2D eigenvalue weighted by Crippen LogP contribution is -2.23. The highest BCUT2D eigenvalue weighted by molar-refractivity contribution is 8.14. The quantitative estimate of drug-likeness (QED) is 0.906. The molecule has 2 unspecified atom stereocenters. The van der Waals surface area contributed by atoms with E-state index in [1.54, 1.807) is 0 Å². The number of hydrogen-bond donors (Lipinski definition) is 1. The Kier molecular flexibility index (Phi) is 4.64. The van der Waals surface area contributed by atoms with Crippen molar-refractivity contribution in [3.63, 3.8) is 0 Å². The van der Waals surface area contributed by atoms with Crippen LogP contribution < -0.4 is 5.32 Å². The van der Waals surface area contributed by atoms with Gasteiger partial charge in [-0.1, -0.05) is 31.7 Å². The third-order valence-corrected chi connectivity index (χ3v) is 3.98. The molecule has 0 fully saturated rings. The zero-order chi connectivity index (χ0) is 13.0. The van der Waals surface area contributed by atoms with Crippen molar-refractivity contribution in [2.45, 2.75) is 39.3 Å². The van der Waals surface area contributed by atoms with Crippen LogP contribution in [0.2, 0.25) is 0 Å². The van der Waals surface area contributed by atoms with Crippen LogP contribution >= 0.6 is 11.8 Å². The normalized spacial score (nSPS) is 20.9. The highest BCUT2D eigenvalue weighted by Crippen LogP contribution is 2.23. The van der Waals surface area contributed by atoms with Gasteiger partial charge in [0.05, 0.1) is 17.8 Å². The summed E-state index contributed by atoms with van der Waals surface area (Å²) in [6, 6.07) is 6.70. The molecule has 3 nitrogen and oxygen atoms in total. The Bertz CT molecular complexity index is 403. The van der Waals surface area contributed by atoms with Crippen molar-refractivity contribution in [2.75, 3.05) is 5.75 Å². The molecule has 1 N–H and O–H groups in total. The third kappa shape index (κ3) is 3.73. The topological polar surface area (TPSA) is 37.3 Å². The van der Waals surface area contributed by atoms with Crippen LogP contribution in [-0.4, -0.2) is 21.9 Å².